The zero-order chi connectivity index (χ0) is 15.6. The summed E-state index contributed by atoms with van der Waals surface area (Å²) in [6, 6.07) is 4.42. The Morgan fingerprint density at radius 2 is 1.76 bits per heavy atom. The van der Waals surface area contributed by atoms with Crippen molar-refractivity contribution in [2.45, 2.75) is 43.9 Å². The van der Waals surface area contributed by atoms with E-state index in [1.165, 1.54) is 12.1 Å². The molecule has 3 nitrogen and oxygen atoms in total. The second kappa shape index (κ2) is 6.19. The topological polar surface area (TPSA) is 55.5 Å². The third-order valence-corrected chi connectivity index (χ3v) is 3.77. The molecule has 7 heteroatoms. The first-order valence-electron chi connectivity index (χ1n) is 6.70. The van der Waals surface area contributed by atoms with Crippen LogP contribution in [0.4, 0.5) is 17.6 Å². The molecule has 1 aliphatic rings. The maximum atomic E-state index is 12.7. The van der Waals surface area contributed by atoms with E-state index in [0.29, 0.717) is 5.56 Å². The molecular weight excluding hydrogens is 290 g/mol. The number of hydrogen-bond acceptors (Lipinski definition) is 3. The van der Waals surface area contributed by atoms with Crippen molar-refractivity contribution in [1.29, 1.82) is 0 Å². The highest BCUT2D eigenvalue weighted by atomic mass is 19.3. The number of nitrogens with two attached hydrogens (primary N) is 1. The van der Waals surface area contributed by atoms with Gasteiger partial charge in [0, 0.05) is 0 Å². The van der Waals surface area contributed by atoms with Crippen LogP contribution in [0.25, 0.3) is 0 Å². The maximum absolute atomic E-state index is 12.7. The van der Waals surface area contributed by atoms with Gasteiger partial charge in [-0.05, 0) is 36.5 Å². The molecule has 3 N–H and O–H groups in total. The van der Waals surface area contributed by atoms with Gasteiger partial charge in [-0.3, -0.25) is 0 Å². The molecule has 0 amide bonds. The van der Waals surface area contributed by atoms with E-state index in [1.54, 1.807) is 0 Å². The molecule has 2 rings (SSSR count). The Morgan fingerprint density at radius 3 is 2.19 bits per heavy atom. The van der Waals surface area contributed by atoms with Crippen LogP contribution >= 0.6 is 0 Å². The molecule has 1 aliphatic carbocycles. The molecule has 0 aromatic heterocycles. The molecular formula is C14H17F4NO2. The SMILES string of the molecule is N[C@@H](c1ccc(OC(F)(F)C(F)F)cc1)[C@H](O)C1CCC1. The quantitative estimate of drug-likeness (QED) is 0.794. The zero-order valence-corrected chi connectivity index (χ0v) is 11.2. The molecule has 0 radical (unpaired) electrons. The van der Waals surface area contributed by atoms with Crippen molar-refractivity contribution in [1.82, 2.24) is 0 Å². The first-order chi connectivity index (χ1) is 9.81. The number of hydrogen-bond donors (Lipinski definition) is 2. The molecule has 0 heterocycles. The van der Waals surface area contributed by atoms with E-state index < -0.39 is 24.7 Å². The minimum atomic E-state index is -4.53. The number of benzene rings is 1. The summed E-state index contributed by atoms with van der Waals surface area (Å²) >= 11 is 0. The Morgan fingerprint density at radius 1 is 1.19 bits per heavy atom. The second-order valence-electron chi connectivity index (χ2n) is 5.24. The van der Waals surface area contributed by atoms with Gasteiger partial charge in [-0.25, -0.2) is 0 Å². The summed E-state index contributed by atoms with van der Waals surface area (Å²) < 4.78 is 53.5. The first kappa shape index (κ1) is 16.0. The molecule has 0 aliphatic heterocycles. The van der Waals surface area contributed by atoms with Crippen LogP contribution < -0.4 is 10.5 Å². The van der Waals surface area contributed by atoms with Crippen molar-refractivity contribution < 1.29 is 27.4 Å². The lowest BCUT2D eigenvalue weighted by molar-refractivity contribution is -0.253. The van der Waals surface area contributed by atoms with Gasteiger partial charge >= 0.3 is 12.5 Å². The monoisotopic (exact) mass is 307 g/mol. The highest BCUT2D eigenvalue weighted by molar-refractivity contribution is 5.30. The van der Waals surface area contributed by atoms with Crippen LogP contribution in [-0.2, 0) is 0 Å². The lowest BCUT2D eigenvalue weighted by Gasteiger charge is -2.33. The van der Waals surface area contributed by atoms with Crippen LogP contribution in [0.1, 0.15) is 30.9 Å². The van der Waals surface area contributed by atoms with E-state index in [2.05, 4.69) is 4.74 Å². The van der Waals surface area contributed by atoms with Crippen molar-refractivity contribution in [2.24, 2.45) is 11.7 Å². The van der Waals surface area contributed by atoms with Crippen LogP contribution in [0.3, 0.4) is 0 Å². The Balaban J connectivity index is 2.01. The Hall–Kier alpha value is -1.34. The predicted octanol–water partition coefficient (Wildman–Crippen LogP) is 3.08. The third-order valence-electron chi connectivity index (χ3n) is 3.77. The van der Waals surface area contributed by atoms with Crippen LogP contribution in [-0.4, -0.2) is 23.7 Å². The van der Waals surface area contributed by atoms with Crippen molar-refractivity contribution >= 4 is 0 Å². The first-order valence-corrected chi connectivity index (χ1v) is 6.70. The van der Waals surface area contributed by atoms with Crippen LogP contribution in [0, 0.1) is 5.92 Å². The molecule has 0 unspecified atom stereocenters. The van der Waals surface area contributed by atoms with Gasteiger partial charge in [-0.15, -0.1) is 0 Å². The average Bonchev–Trinajstić information content (AvgIpc) is 2.36. The molecule has 0 saturated heterocycles. The predicted molar refractivity (Wildman–Crippen MR) is 68.3 cm³/mol. The fraction of sp³-hybridized carbons (Fsp3) is 0.571. The summed E-state index contributed by atoms with van der Waals surface area (Å²) in [5, 5.41) is 10.0. The summed E-state index contributed by atoms with van der Waals surface area (Å²) in [7, 11) is 0. The molecule has 1 aromatic carbocycles. The van der Waals surface area contributed by atoms with Gasteiger partial charge in [0.1, 0.15) is 5.75 Å². The lowest BCUT2D eigenvalue weighted by atomic mass is 9.77. The Labute approximate surface area is 119 Å². The van der Waals surface area contributed by atoms with Crippen LogP contribution in [0.15, 0.2) is 24.3 Å². The highest BCUT2D eigenvalue weighted by Gasteiger charge is 2.44. The number of aliphatic hydroxyl groups is 1. The zero-order valence-electron chi connectivity index (χ0n) is 11.2. The van der Waals surface area contributed by atoms with Gasteiger partial charge < -0.3 is 15.6 Å². The number of aliphatic hydroxyl groups excluding tert-OH is 1. The molecule has 2 atom stereocenters. The molecule has 1 saturated carbocycles. The summed E-state index contributed by atoms with van der Waals surface area (Å²) in [5.74, 6) is -0.228. The fourth-order valence-electron chi connectivity index (χ4n) is 2.23. The van der Waals surface area contributed by atoms with E-state index in [-0.39, 0.29) is 11.7 Å². The van der Waals surface area contributed by atoms with Crippen molar-refractivity contribution in [3.63, 3.8) is 0 Å². The van der Waals surface area contributed by atoms with E-state index in [4.69, 9.17) is 5.73 Å². The van der Waals surface area contributed by atoms with E-state index in [0.717, 1.165) is 31.4 Å². The molecule has 0 spiro atoms. The normalized spacial score (nSPS) is 19.2. The standard InChI is InChI=1S/C14H17F4NO2/c15-13(16)14(17,18)21-10-6-4-8(5-7-10)11(19)12(20)9-2-1-3-9/h4-7,9,11-13,20H,1-3,19H2/t11-,12+/m0/s1. The number of alkyl halides is 4. The summed E-state index contributed by atoms with van der Waals surface area (Å²) in [4.78, 5) is 0. The molecule has 118 valence electrons. The Bertz CT molecular complexity index is 463. The van der Waals surface area contributed by atoms with Gasteiger partial charge in [0.15, 0.2) is 0 Å². The highest BCUT2D eigenvalue weighted by Crippen LogP contribution is 2.35. The molecule has 0 bridgehead atoms. The van der Waals surface area contributed by atoms with Gasteiger partial charge in [0.25, 0.3) is 0 Å². The van der Waals surface area contributed by atoms with E-state index >= 15 is 0 Å². The average molecular weight is 307 g/mol. The van der Waals surface area contributed by atoms with Gasteiger partial charge in [-0.2, -0.15) is 17.6 Å². The number of rotatable bonds is 6. The number of halogens is 4. The smallest absolute Gasteiger partial charge is 0.428 e. The van der Waals surface area contributed by atoms with Gasteiger partial charge in [0.05, 0.1) is 12.1 Å². The number of ether oxygens (including phenoxy) is 1. The largest absolute Gasteiger partial charge is 0.461 e. The fourth-order valence-corrected chi connectivity index (χ4v) is 2.23. The maximum Gasteiger partial charge on any atom is 0.461 e. The van der Waals surface area contributed by atoms with Crippen molar-refractivity contribution in [3.8, 4) is 5.75 Å². The second-order valence-corrected chi connectivity index (χ2v) is 5.24. The third kappa shape index (κ3) is 3.65. The van der Waals surface area contributed by atoms with Crippen LogP contribution in [0.5, 0.6) is 5.75 Å². The summed E-state index contributed by atoms with van der Waals surface area (Å²) in [5.41, 5.74) is 6.46. The van der Waals surface area contributed by atoms with Crippen molar-refractivity contribution in [2.75, 3.05) is 0 Å². The van der Waals surface area contributed by atoms with Crippen LogP contribution in [0.2, 0.25) is 0 Å². The lowest BCUT2D eigenvalue weighted by Crippen LogP contribution is -2.36. The minimum absolute atomic E-state index is 0.152. The summed E-state index contributed by atoms with van der Waals surface area (Å²) in [6.07, 6.45) is -6.25. The van der Waals surface area contributed by atoms with Crippen molar-refractivity contribution in [3.05, 3.63) is 29.8 Å². The van der Waals surface area contributed by atoms with E-state index in [1.807, 2.05) is 0 Å². The van der Waals surface area contributed by atoms with Gasteiger partial charge in [0.2, 0.25) is 0 Å². The van der Waals surface area contributed by atoms with Gasteiger partial charge in [-0.1, -0.05) is 18.6 Å². The molecule has 21 heavy (non-hydrogen) atoms. The molecule has 1 aromatic rings. The Kier molecular flexibility index (Phi) is 4.73. The minimum Gasteiger partial charge on any atom is -0.428 e. The summed E-state index contributed by atoms with van der Waals surface area (Å²) in [6.45, 7) is 0. The molecule has 1 fully saturated rings. The van der Waals surface area contributed by atoms with E-state index in [9.17, 15) is 22.7 Å².